The van der Waals surface area contributed by atoms with E-state index < -0.39 is 5.91 Å². The molecular weight excluding hydrogens is 238 g/mol. The van der Waals surface area contributed by atoms with Crippen molar-refractivity contribution in [2.24, 2.45) is 5.73 Å². The Labute approximate surface area is 111 Å². The van der Waals surface area contributed by atoms with E-state index >= 15 is 0 Å². The lowest BCUT2D eigenvalue weighted by molar-refractivity contribution is -0.113. The molecule has 0 atom stereocenters. The molecule has 1 amide bonds. The van der Waals surface area contributed by atoms with Crippen LogP contribution in [0.3, 0.4) is 0 Å². The number of carbonyl (C=O) groups is 1. The average molecular weight is 253 g/mol. The second kappa shape index (κ2) is 5.73. The van der Waals surface area contributed by atoms with Crippen LogP contribution < -0.4 is 16.8 Å². The van der Waals surface area contributed by atoms with Gasteiger partial charge in [0.1, 0.15) is 0 Å². The van der Waals surface area contributed by atoms with Gasteiger partial charge in [-0.25, -0.2) is 0 Å². The Hall–Kier alpha value is -2.75. The molecule has 96 valence electrons. The Balaban J connectivity index is 2.35. The molecule has 0 fully saturated rings. The molecule has 4 nitrogen and oxygen atoms in total. The molecule has 0 saturated carbocycles. The topological polar surface area (TPSA) is 81.1 Å². The normalized spacial score (nSPS) is 11.1. The molecule has 4 heteroatoms. The van der Waals surface area contributed by atoms with E-state index in [2.05, 4.69) is 5.32 Å². The molecule has 0 aliphatic carbocycles. The van der Waals surface area contributed by atoms with E-state index in [0.29, 0.717) is 11.4 Å². The summed E-state index contributed by atoms with van der Waals surface area (Å²) in [5, 5.41) is 3.16. The smallest absolute Gasteiger partial charge is 0.243 e. The van der Waals surface area contributed by atoms with Crippen LogP contribution in [0.5, 0.6) is 0 Å². The lowest BCUT2D eigenvalue weighted by Gasteiger charge is -2.11. The average Bonchev–Trinajstić information content (AvgIpc) is 2.39. The van der Waals surface area contributed by atoms with Crippen LogP contribution in [0.4, 0.5) is 11.4 Å². The molecule has 0 unspecified atom stereocenters. The van der Waals surface area contributed by atoms with E-state index in [4.69, 9.17) is 11.5 Å². The van der Waals surface area contributed by atoms with Gasteiger partial charge in [-0.05, 0) is 24.3 Å². The monoisotopic (exact) mass is 253 g/mol. The fraction of sp³-hybridized carbons (Fsp3) is 0. The molecule has 2 rings (SSSR count). The van der Waals surface area contributed by atoms with Gasteiger partial charge >= 0.3 is 0 Å². The van der Waals surface area contributed by atoms with Crippen molar-refractivity contribution in [2.45, 2.75) is 0 Å². The quantitative estimate of drug-likeness (QED) is 0.577. The summed E-state index contributed by atoms with van der Waals surface area (Å²) in [5.74, 6) is -0.513. The number of benzene rings is 2. The minimum Gasteiger partial charge on any atom is -0.399 e. The Morgan fingerprint density at radius 3 is 2.42 bits per heavy atom. The Morgan fingerprint density at radius 1 is 1.05 bits per heavy atom. The minimum atomic E-state index is -0.513. The molecular formula is C15H15N3O. The van der Waals surface area contributed by atoms with Gasteiger partial charge in [0, 0.05) is 23.0 Å². The van der Waals surface area contributed by atoms with Crippen molar-refractivity contribution in [2.75, 3.05) is 11.1 Å². The number of amides is 1. The molecule has 2 aromatic rings. The van der Waals surface area contributed by atoms with Gasteiger partial charge in [-0.2, -0.15) is 0 Å². The zero-order valence-electron chi connectivity index (χ0n) is 10.3. The highest BCUT2D eigenvalue weighted by molar-refractivity contribution is 5.96. The summed E-state index contributed by atoms with van der Waals surface area (Å²) in [4.78, 5) is 11.1. The van der Waals surface area contributed by atoms with Crippen LogP contribution >= 0.6 is 0 Å². The highest BCUT2D eigenvalue weighted by atomic mass is 16.1. The van der Waals surface area contributed by atoms with Gasteiger partial charge in [-0.1, -0.05) is 30.3 Å². The number of nitrogens with one attached hydrogen (secondary N) is 1. The first-order chi connectivity index (χ1) is 9.15. The van der Waals surface area contributed by atoms with Crippen molar-refractivity contribution in [3.63, 3.8) is 0 Å². The Bertz CT molecular complexity index is 606. The third-order valence-corrected chi connectivity index (χ3v) is 2.54. The maximum absolute atomic E-state index is 11.1. The summed E-state index contributed by atoms with van der Waals surface area (Å²) in [6.07, 6.45) is 1.35. The zero-order chi connectivity index (χ0) is 13.7. The van der Waals surface area contributed by atoms with Crippen LogP contribution in [0.2, 0.25) is 0 Å². The number of hydrogen-bond donors (Lipinski definition) is 3. The highest BCUT2D eigenvalue weighted by Crippen LogP contribution is 2.20. The molecule has 5 N–H and O–H groups in total. The van der Waals surface area contributed by atoms with Crippen LogP contribution in [0, 0.1) is 0 Å². The molecule has 0 aliphatic heterocycles. The molecule has 0 radical (unpaired) electrons. The number of hydrogen-bond acceptors (Lipinski definition) is 3. The number of primary amides is 1. The third-order valence-electron chi connectivity index (χ3n) is 2.54. The van der Waals surface area contributed by atoms with Crippen LogP contribution in [0.25, 0.3) is 5.70 Å². The number of para-hydroxylation sites is 1. The first-order valence-corrected chi connectivity index (χ1v) is 5.84. The number of anilines is 2. The predicted molar refractivity (Wildman–Crippen MR) is 78.1 cm³/mol. The van der Waals surface area contributed by atoms with E-state index in [-0.39, 0.29) is 0 Å². The minimum absolute atomic E-state index is 0.513. The lowest BCUT2D eigenvalue weighted by atomic mass is 10.1. The van der Waals surface area contributed by atoms with E-state index in [1.54, 1.807) is 12.1 Å². The van der Waals surface area contributed by atoms with Gasteiger partial charge in [-0.15, -0.1) is 0 Å². The lowest BCUT2D eigenvalue weighted by Crippen LogP contribution is -2.10. The van der Waals surface area contributed by atoms with Gasteiger partial charge < -0.3 is 16.8 Å². The second-order valence-electron chi connectivity index (χ2n) is 4.08. The van der Waals surface area contributed by atoms with Gasteiger partial charge in [0.25, 0.3) is 0 Å². The molecule has 0 heterocycles. The van der Waals surface area contributed by atoms with Gasteiger partial charge in [0.15, 0.2) is 0 Å². The summed E-state index contributed by atoms with van der Waals surface area (Å²) in [6.45, 7) is 0. The van der Waals surface area contributed by atoms with Gasteiger partial charge in [0.05, 0.1) is 5.70 Å². The Morgan fingerprint density at radius 2 is 1.79 bits per heavy atom. The molecule has 0 aromatic heterocycles. The van der Waals surface area contributed by atoms with Crippen LogP contribution in [-0.4, -0.2) is 5.91 Å². The van der Waals surface area contributed by atoms with Crippen LogP contribution in [0.15, 0.2) is 60.7 Å². The van der Waals surface area contributed by atoms with Gasteiger partial charge in [-0.3, -0.25) is 4.79 Å². The van der Waals surface area contributed by atoms with Crippen molar-refractivity contribution in [1.29, 1.82) is 0 Å². The summed E-state index contributed by atoms with van der Waals surface area (Å²) in [7, 11) is 0. The molecule has 0 aliphatic rings. The summed E-state index contributed by atoms with van der Waals surface area (Å²) < 4.78 is 0. The summed E-state index contributed by atoms with van der Waals surface area (Å²) in [5.41, 5.74) is 13.9. The standard InChI is InChI=1S/C15H15N3O/c16-12-6-4-5-11(9-12)14(10-15(17)19)18-13-7-2-1-3-8-13/h1-10,18H,16H2,(H2,17,19)/b14-10-. The van der Waals surface area contributed by atoms with Crippen LogP contribution in [-0.2, 0) is 4.79 Å². The fourth-order valence-corrected chi connectivity index (χ4v) is 1.72. The molecule has 0 spiro atoms. The third kappa shape index (κ3) is 3.61. The first-order valence-electron chi connectivity index (χ1n) is 5.84. The maximum Gasteiger partial charge on any atom is 0.243 e. The highest BCUT2D eigenvalue weighted by Gasteiger charge is 2.04. The van der Waals surface area contributed by atoms with Crippen molar-refractivity contribution >= 4 is 23.0 Å². The van der Waals surface area contributed by atoms with Crippen molar-refractivity contribution in [1.82, 2.24) is 0 Å². The fourth-order valence-electron chi connectivity index (χ4n) is 1.72. The first kappa shape index (κ1) is 12.7. The molecule has 0 saturated heterocycles. The van der Waals surface area contributed by atoms with Crippen molar-refractivity contribution in [3.8, 4) is 0 Å². The van der Waals surface area contributed by atoms with E-state index in [1.165, 1.54) is 6.08 Å². The van der Waals surface area contributed by atoms with E-state index in [1.807, 2.05) is 42.5 Å². The largest absolute Gasteiger partial charge is 0.399 e. The number of nitrogens with two attached hydrogens (primary N) is 2. The molecule has 0 bridgehead atoms. The predicted octanol–water partition coefficient (Wildman–Crippen LogP) is 2.21. The summed E-state index contributed by atoms with van der Waals surface area (Å²) >= 11 is 0. The molecule has 19 heavy (non-hydrogen) atoms. The number of carbonyl (C=O) groups excluding carboxylic acids is 1. The summed E-state index contributed by atoms with van der Waals surface area (Å²) in [6, 6.07) is 16.8. The number of rotatable bonds is 4. The van der Waals surface area contributed by atoms with Gasteiger partial charge in [0.2, 0.25) is 5.91 Å². The maximum atomic E-state index is 11.1. The van der Waals surface area contributed by atoms with Crippen molar-refractivity contribution in [3.05, 3.63) is 66.2 Å². The SMILES string of the molecule is NC(=O)/C=C(\Nc1ccccc1)c1cccc(N)c1. The second-order valence-corrected chi connectivity index (χ2v) is 4.08. The van der Waals surface area contributed by atoms with E-state index in [9.17, 15) is 4.79 Å². The Kier molecular flexibility index (Phi) is 3.83. The number of nitrogen functional groups attached to an aromatic ring is 1. The van der Waals surface area contributed by atoms with Crippen LogP contribution in [0.1, 0.15) is 5.56 Å². The van der Waals surface area contributed by atoms with E-state index in [0.717, 1.165) is 11.3 Å². The molecule has 2 aromatic carbocycles. The van der Waals surface area contributed by atoms with Crippen molar-refractivity contribution < 1.29 is 4.79 Å². The zero-order valence-corrected chi connectivity index (χ0v) is 10.3.